The van der Waals surface area contributed by atoms with Gasteiger partial charge in [-0.1, -0.05) is 11.8 Å². The zero-order valence-corrected chi connectivity index (χ0v) is 14.0. The molecule has 1 unspecified atom stereocenters. The summed E-state index contributed by atoms with van der Waals surface area (Å²) in [5.74, 6) is 7.17. The fourth-order valence-corrected chi connectivity index (χ4v) is 2.64. The average molecular weight is 327 g/mol. The van der Waals surface area contributed by atoms with Crippen molar-refractivity contribution in [3.8, 4) is 23.3 Å². The fourth-order valence-electron chi connectivity index (χ4n) is 2.64. The van der Waals surface area contributed by atoms with Gasteiger partial charge in [-0.3, -0.25) is 9.48 Å². The zero-order valence-electron chi connectivity index (χ0n) is 14.0. The molecule has 0 aliphatic carbocycles. The predicted molar refractivity (Wildman–Crippen MR) is 89.3 cm³/mol. The molecule has 2 aromatic rings. The normalized spacial score (nSPS) is 17.2. The molecule has 3 rings (SSSR count). The van der Waals surface area contributed by atoms with Gasteiger partial charge in [0.05, 0.1) is 12.1 Å². The molecule has 1 fully saturated rings. The summed E-state index contributed by atoms with van der Waals surface area (Å²) in [4.78, 5) is 12.4. The van der Waals surface area contributed by atoms with Gasteiger partial charge < -0.3 is 14.5 Å². The molecule has 1 N–H and O–H groups in total. The van der Waals surface area contributed by atoms with Crippen LogP contribution < -0.4 is 5.32 Å². The van der Waals surface area contributed by atoms with Gasteiger partial charge in [-0.25, -0.2) is 0 Å². The van der Waals surface area contributed by atoms with E-state index in [2.05, 4.69) is 22.3 Å². The summed E-state index contributed by atoms with van der Waals surface area (Å²) in [6.45, 7) is 2.91. The van der Waals surface area contributed by atoms with Crippen LogP contribution in [0.15, 0.2) is 22.7 Å². The van der Waals surface area contributed by atoms with E-state index in [1.807, 2.05) is 19.1 Å². The van der Waals surface area contributed by atoms with Gasteiger partial charge in [-0.2, -0.15) is 5.10 Å². The Morgan fingerprint density at radius 2 is 2.33 bits per heavy atom. The van der Waals surface area contributed by atoms with Crippen molar-refractivity contribution in [2.24, 2.45) is 7.05 Å². The first-order chi connectivity index (χ1) is 11.6. The fraction of sp³-hybridized carbons (Fsp3) is 0.444. The van der Waals surface area contributed by atoms with Crippen LogP contribution in [0, 0.1) is 18.8 Å². The van der Waals surface area contributed by atoms with Gasteiger partial charge in [0.1, 0.15) is 17.6 Å². The van der Waals surface area contributed by atoms with Crippen molar-refractivity contribution < 1.29 is 13.9 Å². The molecule has 0 aromatic carbocycles. The minimum absolute atomic E-state index is 0.00398. The Morgan fingerprint density at radius 3 is 3.04 bits per heavy atom. The lowest BCUT2D eigenvalue weighted by atomic mass is 10.1. The van der Waals surface area contributed by atoms with E-state index in [1.54, 1.807) is 17.9 Å². The molecule has 1 aliphatic rings. The van der Waals surface area contributed by atoms with Gasteiger partial charge in [0.15, 0.2) is 5.76 Å². The Kier molecular flexibility index (Phi) is 5.02. The monoisotopic (exact) mass is 327 g/mol. The first-order valence-electron chi connectivity index (χ1n) is 8.12. The summed E-state index contributed by atoms with van der Waals surface area (Å²) in [6.07, 6.45) is 4.89. The zero-order chi connectivity index (χ0) is 16.9. The molecule has 0 bridgehead atoms. The number of ether oxygens (including phenoxy) is 1. The Morgan fingerprint density at radius 1 is 1.46 bits per heavy atom. The minimum atomic E-state index is -0.217. The second kappa shape index (κ2) is 7.37. The molecular weight excluding hydrogens is 306 g/mol. The summed E-state index contributed by atoms with van der Waals surface area (Å²) in [7, 11) is 1.77. The maximum Gasteiger partial charge on any atom is 0.256 e. The lowest BCUT2D eigenvalue weighted by Crippen LogP contribution is -2.24. The number of aryl methyl sites for hydroxylation is 2. The van der Waals surface area contributed by atoms with Crippen LogP contribution in [-0.4, -0.2) is 34.9 Å². The average Bonchev–Trinajstić information content (AvgIpc) is 3.18. The van der Waals surface area contributed by atoms with Gasteiger partial charge >= 0.3 is 0 Å². The third-order valence-electron chi connectivity index (χ3n) is 3.83. The van der Waals surface area contributed by atoms with Gasteiger partial charge in [0.25, 0.3) is 5.91 Å². The number of hydrogen-bond donors (Lipinski definition) is 1. The Balaban J connectivity index is 1.64. The van der Waals surface area contributed by atoms with E-state index in [0.29, 0.717) is 17.0 Å². The summed E-state index contributed by atoms with van der Waals surface area (Å²) in [6, 6.07) is 3.66. The number of nitrogens with one attached hydrogen (secondary N) is 1. The highest BCUT2D eigenvalue weighted by molar-refractivity contribution is 5.99. The van der Waals surface area contributed by atoms with Gasteiger partial charge in [-0.05, 0) is 38.3 Å². The van der Waals surface area contributed by atoms with E-state index in [9.17, 15) is 4.79 Å². The minimum Gasteiger partial charge on any atom is -0.460 e. The lowest BCUT2D eigenvalue weighted by Gasteiger charge is -2.17. The topological polar surface area (TPSA) is 69.3 Å². The van der Waals surface area contributed by atoms with Gasteiger partial charge in [0, 0.05) is 19.9 Å². The van der Waals surface area contributed by atoms with E-state index in [0.717, 1.165) is 31.6 Å². The smallest absolute Gasteiger partial charge is 0.256 e. The molecule has 3 heterocycles. The van der Waals surface area contributed by atoms with Gasteiger partial charge in [-0.15, -0.1) is 0 Å². The summed E-state index contributed by atoms with van der Waals surface area (Å²) < 4.78 is 12.7. The van der Waals surface area contributed by atoms with Crippen LogP contribution in [0.1, 0.15) is 35.4 Å². The highest BCUT2D eigenvalue weighted by Crippen LogP contribution is 2.23. The van der Waals surface area contributed by atoms with Crippen molar-refractivity contribution in [2.75, 3.05) is 13.2 Å². The molecule has 6 heteroatoms. The number of nitrogens with zero attached hydrogens (tertiary/aromatic N) is 2. The van der Waals surface area contributed by atoms with E-state index in [1.165, 1.54) is 0 Å². The van der Waals surface area contributed by atoms with E-state index in [4.69, 9.17) is 9.15 Å². The molecule has 6 nitrogen and oxygen atoms in total. The number of carbonyl (C=O) groups excluding carboxylic acids is 1. The lowest BCUT2D eigenvalue weighted by molar-refractivity contribution is 0.0525. The first-order valence-corrected chi connectivity index (χ1v) is 8.12. The van der Waals surface area contributed by atoms with E-state index in [-0.39, 0.29) is 18.6 Å². The third kappa shape index (κ3) is 3.87. The summed E-state index contributed by atoms with van der Waals surface area (Å²) >= 11 is 0. The van der Waals surface area contributed by atoms with Crippen LogP contribution in [-0.2, 0) is 11.8 Å². The van der Waals surface area contributed by atoms with Crippen molar-refractivity contribution in [1.82, 2.24) is 15.1 Å². The molecule has 24 heavy (non-hydrogen) atoms. The SMILES string of the molecule is Cc1ccc(-c2nn(C)cc2C(=O)NCC#CC2CCCCO2)o1. The molecular formula is C18H21N3O3. The molecule has 1 saturated heterocycles. The number of furan rings is 1. The van der Waals surface area contributed by atoms with Crippen LogP contribution >= 0.6 is 0 Å². The maximum atomic E-state index is 12.4. The number of rotatable bonds is 3. The molecule has 0 spiro atoms. The van der Waals surface area contributed by atoms with Crippen molar-refractivity contribution in [3.63, 3.8) is 0 Å². The second-order valence-corrected chi connectivity index (χ2v) is 5.83. The number of amides is 1. The molecule has 0 saturated carbocycles. The van der Waals surface area contributed by atoms with E-state index >= 15 is 0 Å². The molecule has 1 atom stereocenters. The largest absolute Gasteiger partial charge is 0.460 e. The highest BCUT2D eigenvalue weighted by Gasteiger charge is 2.19. The maximum absolute atomic E-state index is 12.4. The van der Waals surface area contributed by atoms with Gasteiger partial charge in [0.2, 0.25) is 0 Å². The Bertz CT molecular complexity index is 773. The quantitative estimate of drug-likeness (QED) is 0.878. The molecule has 1 aliphatic heterocycles. The number of hydrogen-bond acceptors (Lipinski definition) is 4. The molecule has 2 aromatic heterocycles. The van der Waals surface area contributed by atoms with Crippen LogP contribution in [0.3, 0.4) is 0 Å². The second-order valence-electron chi connectivity index (χ2n) is 5.83. The van der Waals surface area contributed by atoms with Crippen molar-refractivity contribution in [3.05, 3.63) is 29.7 Å². The van der Waals surface area contributed by atoms with Crippen molar-refractivity contribution in [1.29, 1.82) is 0 Å². The van der Waals surface area contributed by atoms with Crippen molar-refractivity contribution >= 4 is 5.91 Å². The number of carbonyl (C=O) groups is 1. The Labute approximate surface area is 141 Å². The predicted octanol–water partition coefficient (Wildman–Crippen LogP) is 2.29. The van der Waals surface area contributed by atoms with Crippen LogP contribution in [0.2, 0.25) is 0 Å². The third-order valence-corrected chi connectivity index (χ3v) is 3.83. The summed E-state index contributed by atoms with van der Waals surface area (Å²) in [5, 5.41) is 7.13. The highest BCUT2D eigenvalue weighted by atomic mass is 16.5. The van der Waals surface area contributed by atoms with E-state index < -0.39 is 0 Å². The first kappa shape index (κ1) is 16.3. The van der Waals surface area contributed by atoms with Crippen LogP contribution in [0.5, 0.6) is 0 Å². The van der Waals surface area contributed by atoms with Crippen LogP contribution in [0.25, 0.3) is 11.5 Å². The van der Waals surface area contributed by atoms with Crippen LogP contribution in [0.4, 0.5) is 0 Å². The molecule has 0 radical (unpaired) electrons. The number of aromatic nitrogens is 2. The molecule has 126 valence electrons. The summed E-state index contributed by atoms with van der Waals surface area (Å²) in [5.41, 5.74) is 1.01. The Hall–Kier alpha value is -2.52. The molecule has 1 amide bonds. The van der Waals surface area contributed by atoms with Crippen molar-refractivity contribution in [2.45, 2.75) is 32.3 Å². The standard InChI is InChI=1S/C18H21N3O3/c1-13-8-9-16(24-13)17-15(12-21(2)20-17)18(22)19-10-5-7-14-6-3-4-11-23-14/h8-9,12,14H,3-4,6,10-11H2,1-2H3,(H,19,22).